The van der Waals surface area contributed by atoms with E-state index < -0.39 is 5.92 Å². The van der Waals surface area contributed by atoms with E-state index in [0.717, 1.165) is 26.4 Å². The molecule has 4 aromatic rings. The van der Waals surface area contributed by atoms with Gasteiger partial charge in [-0.2, -0.15) is 0 Å². The van der Waals surface area contributed by atoms with Crippen molar-refractivity contribution < 1.29 is 19.1 Å². The first-order valence-corrected chi connectivity index (χ1v) is 17.0. The van der Waals surface area contributed by atoms with Gasteiger partial charge in [-0.05, 0) is 66.6 Å². The Labute approximate surface area is 269 Å². The van der Waals surface area contributed by atoms with Crippen LogP contribution in [0.15, 0.2) is 93.2 Å². The molecule has 8 rings (SSSR count). The number of halogens is 1. The van der Waals surface area contributed by atoms with Crippen LogP contribution in [0.5, 0.6) is 5.75 Å². The number of nitrogens with one attached hydrogen (secondary N) is 2. The fraction of sp³-hybridized carbons (Fsp3) is 0.273. The number of thioether (sulfide) groups is 1. The molecular formula is C33H26BrN3O5S2. The van der Waals surface area contributed by atoms with E-state index in [0.29, 0.717) is 17.1 Å². The Balaban J connectivity index is 1.13. The van der Waals surface area contributed by atoms with Crippen LogP contribution in [0.2, 0.25) is 0 Å². The number of rotatable bonds is 6. The molecule has 8 nitrogen and oxygen atoms in total. The molecule has 2 aliphatic heterocycles. The van der Waals surface area contributed by atoms with Gasteiger partial charge >= 0.3 is 4.87 Å². The summed E-state index contributed by atoms with van der Waals surface area (Å²) in [6, 6.07) is 24.2. The Morgan fingerprint density at radius 2 is 1.64 bits per heavy atom. The number of thiazole rings is 1. The molecule has 2 bridgehead atoms. The summed E-state index contributed by atoms with van der Waals surface area (Å²) in [6.45, 7) is -0.177. The highest BCUT2D eigenvalue weighted by molar-refractivity contribution is 9.10. The number of carbonyl (C=O) groups is 3. The summed E-state index contributed by atoms with van der Waals surface area (Å²) in [5.74, 6) is -0.930. The van der Waals surface area contributed by atoms with Crippen molar-refractivity contribution in [3.63, 3.8) is 0 Å². The Kier molecular flexibility index (Phi) is 6.80. The lowest BCUT2D eigenvalue weighted by atomic mass is 9.68. The van der Waals surface area contributed by atoms with Gasteiger partial charge < -0.3 is 15.0 Å². The van der Waals surface area contributed by atoms with Crippen molar-refractivity contribution in [1.29, 1.82) is 0 Å². The molecule has 44 heavy (non-hydrogen) atoms. The quantitative estimate of drug-likeness (QED) is 0.245. The van der Waals surface area contributed by atoms with Crippen LogP contribution in [0, 0.1) is 29.6 Å². The minimum atomic E-state index is -0.401. The molecule has 2 aliphatic carbocycles. The summed E-state index contributed by atoms with van der Waals surface area (Å²) in [7, 11) is 0. The number of amides is 3. The third-order valence-electron chi connectivity index (χ3n) is 9.48. The average Bonchev–Trinajstić information content (AvgIpc) is 3.76. The van der Waals surface area contributed by atoms with Crippen LogP contribution in [-0.4, -0.2) is 34.6 Å². The van der Waals surface area contributed by atoms with E-state index in [1.165, 1.54) is 16.2 Å². The second kappa shape index (κ2) is 10.7. The van der Waals surface area contributed by atoms with E-state index in [-0.39, 0.29) is 64.0 Å². The topological polar surface area (TPSA) is 109 Å². The van der Waals surface area contributed by atoms with Crippen molar-refractivity contribution in [2.24, 2.45) is 29.6 Å². The number of nitrogens with zero attached hydrogens (tertiary/aromatic N) is 1. The molecule has 3 aromatic carbocycles. The summed E-state index contributed by atoms with van der Waals surface area (Å²) < 4.78 is 7.03. The monoisotopic (exact) mass is 687 g/mol. The molecule has 0 spiro atoms. The predicted octanol–water partition coefficient (Wildman–Crippen LogP) is 5.89. The van der Waals surface area contributed by atoms with Gasteiger partial charge in [-0.1, -0.05) is 63.7 Å². The Hall–Kier alpha value is -3.67. The first-order valence-electron chi connectivity index (χ1n) is 14.5. The highest BCUT2D eigenvalue weighted by Crippen LogP contribution is 2.69. The summed E-state index contributed by atoms with van der Waals surface area (Å²) >= 11 is 6.28. The molecule has 2 N–H and O–H groups in total. The zero-order valence-corrected chi connectivity index (χ0v) is 26.4. The maximum Gasteiger partial charge on any atom is 0.305 e. The van der Waals surface area contributed by atoms with E-state index in [2.05, 4.69) is 26.2 Å². The van der Waals surface area contributed by atoms with Gasteiger partial charge in [0.25, 0.3) is 5.91 Å². The fourth-order valence-corrected chi connectivity index (χ4v) is 11.1. The third-order valence-corrected chi connectivity index (χ3v) is 12.6. The number of aromatic nitrogens is 1. The van der Waals surface area contributed by atoms with Gasteiger partial charge in [-0.3, -0.25) is 24.1 Å². The zero-order valence-electron chi connectivity index (χ0n) is 23.1. The lowest BCUT2D eigenvalue weighted by Gasteiger charge is -2.43. The first kappa shape index (κ1) is 27.8. The number of H-pyrrole nitrogens is 1. The number of hydrogen-bond donors (Lipinski definition) is 2. The second-order valence-electron chi connectivity index (χ2n) is 11.7. The van der Waals surface area contributed by atoms with Gasteiger partial charge in [0.05, 0.1) is 22.5 Å². The Morgan fingerprint density at radius 3 is 2.41 bits per heavy atom. The van der Waals surface area contributed by atoms with Crippen molar-refractivity contribution >= 4 is 68.1 Å². The molecule has 11 heteroatoms. The van der Waals surface area contributed by atoms with Gasteiger partial charge in [0, 0.05) is 31.8 Å². The standard InChI is InChI=1S/C33H26BrN3O5S2/c34-16-10-12-18(13-11-16)37-31(39)26-20-14-21(27(26)32(37)40)28-25(20)24(29-30(43-28)36-33(41)44-29)19-8-4-5-9-22(19)42-15-23(38)35-17-6-2-1-3-7-17/h1-13,20-21,24-28H,14-15H2,(H,35,38)(H,36,41)/t20-,21-,24-,25?,26?,27?,28?/m1/s1. The van der Waals surface area contributed by atoms with Crippen LogP contribution >= 0.6 is 39.0 Å². The molecular weight excluding hydrogens is 662 g/mol. The maximum atomic E-state index is 14.0. The van der Waals surface area contributed by atoms with Crippen molar-refractivity contribution in [3.05, 3.63) is 103 Å². The number of aromatic amines is 1. The zero-order chi connectivity index (χ0) is 30.1. The van der Waals surface area contributed by atoms with E-state index in [1.807, 2.05) is 66.7 Å². The first-order chi connectivity index (χ1) is 21.4. The highest BCUT2D eigenvalue weighted by atomic mass is 79.9. The van der Waals surface area contributed by atoms with Crippen LogP contribution in [0.1, 0.15) is 22.8 Å². The van der Waals surface area contributed by atoms with E-state index >= 15 is 0 Å². The normalized spacial score (nSPS) is 28.0. The second-order valence-corrected chi connectivity index (χ2v) is 14.8. The van der Waals surface area contributed by atoms with Gasteiger partial charge in [0.1, 0.15) is 5.75 Å². The average molecular weight is 689 g/mol. The molecule has 3 amide bonds. The molecule has 222 valence electrons. The molecule has 4 unspecified atom stereocenters. The molecule has 2 saturated carbocycles. The molecule has 0 radical (unpaired) electrons. The van der Waals surface area contributed by atoms with Crippen LogP contribution < -0.4 is 19.8 Å². The smallest absolute Gasteiger partial charge is 0.305 e. The van der Waals surface area contributed by atoms with Crippen LogP contribution in [0.3, 0.4) is 0 Å². The van der Waals surface area contributed by atoms with Crippen LogP contribution in [-0.2, 0) is 14.4 Å². The molecule has 1 saturated heterocycles. The molecule has 4 aliphatic rings. The number of ether oxygens (including phenoxy) is 1. The van der Waals surface area contributed by atoms with Crippen LogP contribution in [0.4, 0.5) is 11.4 Å². The van der Waals surface area contributed by atoms with Gasteiger partial charge in [-0.15, -0.1) is 11.8 Å². The molecule has 3 heterocycles. The number of benzene rings is 3. The number of carbonyl (C=O) groups excluding carboxylic acids is 3. The number of imide groups is 1. The predicted molar refractivity (Wildman–Crippen MR) is 172 cm³/mol. The number of anilines is 2. The summed E-state index contributed by atoms with van der Waals surface area (Å²) in [4.78, 5) is 58.5. The summed E-state index contributed by atoms with van der Waals surface area (Å²) in [5, 5.41) is 3.74. The largest absolute Gasteiger partial charge is 0.483 e. The molecule has 3 fully saturated rings. The van der Waals surface area contributed by atoms with Gasteiger partial charge in [0.2, 0.25) is 11.8 Å². The molecule has 1 aromatic heterocycles. The number of para-hydroxylation sites is 2. The van der Waals surface area contributed by atoms with E-state index in [9.17, 15) is 19.2 Å². The lowest BCUT2D eigenvalue weighted by Crippen LogP contribution is -2.42. The summed E-state index contributed by atoms with van der Waals surface area (Å²) in [6.07, 6.45) is 0.793. The fourth-order valence-electron chi connectivity index (χ4n) is 7.94. The Morgan fingerprint density at radius 1 is 0.932 bits per heavy atom. The van der Waals surface area contributed by atoms with Crippen molar-refractivity contribution in [2.75, 3.05) is 16.8 Å². The Bertz CT molecular complexity index is 1860. The minimum absolute atomic E-state index is 0.0145. The van der Waals surface area contributed by atoms with Crippen molar-refractivity contribution in [1.82, 2.24) is 4.98 Å². The molecule has 7 atom stereocenters. The van der Waals surface area contributed by atoms with Crippen molar-refractivity contribution in [2.45, 2.75) is 22.6 Å². The van der Waals surface area contributed by atoms with Crippen molar-refractivity contribution in [3.8, 4) is 5.75 Å². The highest BCUT2D eigenvalue weighted by Gasteiger charge is 2.69. The summed E-state index contributed by atoms with van der Waals surface area (Å²) in [5.41, 5.74) is 2.17. The lowest BCUT2D eigenvalue weighted by molar-refractivity contribution is -0.123. The number of hydrogen-bond acceptors (Lipinski definition) is 7. The third kappa shape index (κ3) is 4.39. The SMILES string of the molecule is O=C(COc1ccccc1[C@H]1c2sc(=O)[nH]c2SC2C1[C@H]1C[C@@H]2C2C(=O)N(c3ccc(Br)cc3)C(=O)C21)Nc1ccccc1. The van der Waals surface area contributed by atoms with Crippen LogP contribution in [0.25, 0.3) is 0 Å². The van der Waals surface area contributed by atoms with Gasteiger partial charge in [-0.25, -0.2) is 0 Å². The minimum Gasteiger partial charge on any atom is -0.483 e. The number of fused-ring (bicyclic) bond motifs is 9. The van der Waals surface area contributed by atoms with Gasteiger partial charge in [0.15, 0.2) is 6.61 Å². The van der Waals surface area contributed by atoms with E-state index in [1.54, 1.807) is 23.9 Å². The maximum absolute atomic E-state index is 14.0. The van der Waals surface area contributed by atoms with E-state index in [4.69, 9.17) is 4.74 Å².